The van der Waals surface area contributed by atoms with Crippen molar-refractivity contribution in [1.82, 2.24) is 4.90 Å². The fourth-order valence-electron chi connectivity index (χ4n) is 2.96. The predicted octanol–water partition coefficient (Wildman–Crippen LogP) is 4.64. The number of para-hydroxylation sites is 2. The molecule has 0 aliphatic carbocycles. The van der Waals surface area contributed by atoms with Gasteiger partial charge in [0.25, 0.3) is 5.91 Å². The van der Waals surface area contributed by atoms with Gasteiger partial charge in [0.05, 0.1) is 19.3 Å². The van der Waals surface area contributed by atoms with Crippen LogP contribution in [-0.4, -0.2) is 37.4 Å². The molecule has 0 fully saturated rings. The van der Waals surface area contributed by atoms with Crippen molar-refractivity contribution in [2.24, 2.45) is 0 Å². The van der Waals surface area contributed by atoms with Crippen molar-refractivity contribution >= 4 is 34.5 Å². The molecule has 1 atom stereocenters. The third-order valence-corrected chi connectivity index (χ3v) is 5.84. The van der Waals surface area contributed by atoms with Crippen molar-refractivity contribution in [2.45, 2.75) is 13.0 Å². The van der Waals surface area contributed by atoms with Crippen LogP contribution in [0.3, 0.4) is 0 Å². The van der Waals surface area contributed by atoms with Crippen LogP contribution in [0.2, 0.25) is 0 Å². The van der Waals surface area contributed by atoms with Crippen LogP contribution < -0.4 is 15.4 Å². The number of nitrogens with one attached hydrogen (secondary N) is 2. The van der Waals surface area contributed by atoms with Crippen molar-refractivity contribution in [2.75, 3.05) is 31.3 Å². The lowest BCUT2D eigenvalue weighted by molar-refractivity contribution is -0.117. The number of benzene rings is 2. The molecule has 3 rings (SSSR count). The Kier molecular flexibility index (Phi) is 7.21. The van der Waals surface area contributed by atoms with Gasteiger partial charge in [-0.2, -0.15) is 0 Å². The number of thiophene rings is 1. The summed E-state index contributed by atoms with van der Waals surface area (Å²) in [6.07, 6.45) is 0. The Morgan fingerprint density at radius 1 is 1.03 bits per heavy atom. The van der Waals surface area contributed by atoms with Gasteiger partial charge in [0, 0.05) is 22.2 Å². The number of rotatable bonds is 8. The minimum absolute atomic E-state index is 0.105. The monoisotopic (exact) mass is 423 g/mol. The summed E-state index contributed by atoms with van der Waals surface area (Å²) in [4.78, 5) is 28.1. The standard InChI is InChI=1S/C23H25N3O3S/c1-16(21-9-6-14-30-21)26(2)15-22(27)24-18-12-10-17(11-13-18)23(28)25-19-7-4-5-8-20(19)29-3/h4-14,16H,15H2,1-3H3,(H,24,27)(H,25,28). The van der Waals surface area contributed by atoms with Crippen LogP contribution in [0.5, 0.6) is 5.75 Å². The van der Waals surface area contributed by atoms with E-state index in [0.29, 0.717) is 22.7 Å². The molecule has 7 heteroatoms. The van der Waals surface area contributed by atoms with Crippen LogP contribution >= 0.6 is 11.3 Å². The van der Waals surface area contributed by atoms with E-state index in [4.69, 9.17) is 4.74 Å². The van der Waals surface area contributed by atoms with Crippen LogP contribution in [0.1, 0.15) is 28.2 Å². The van der Waals surface area contributed by atoms with Gasteiger partial charge in [0.2, 0.25) is 5.91 Å². The molecular weight excluding hydrogens is 398 g/mol. The highest BCUT2D eigenvalue weighted by Crippen LogP contribution is 2.24. The quantitative estimate of drug-likeness (QED) is 0.554. The average Bonchev–Trinajstić information content (AvgIpc) is 3.28. The summed E-state index contributed by atoms with van der Waals surface area (Å²) in [7, 11) is 3.48. The number of methoxy groups -OCH3 is 1. The van der Waals surface area contributed by atoms with Crippen molar-refractivity contribution in [3.63, 3.8) is 0 Å². The second-order valence-electron chi connectivity index (χ2n) is 6.89. The minimum Gasteiger partial charge on any atom is -0.495 e. The predicted molar refractivity (Wildman–Crippen MR) is 121 cm³/mol. The van der Waals surface area contributed by atoms with Crippen molar-refractivity contribution in [3.8, 4) is 5.75 Å². The summed E-state index contributed by atoms with van der Waals surface area (Å²) in [6, 6.07) is 18.3. The number of ether oxygens (including phenoxy) is 1. The molecule has 0 saturated carbocycles. The molecule has 0 bridgehead atoms. The first-order chi connectivity index (χ1) is 14.5. The second kappa shape index (κ2) is 10.0. The molecule has 1 aromatic heterocycles. The molecule has 1 unspecified atom stereocenters. The normalized spacial score (nSPS) is 11.7. The lowest BCUT2D eigenvalue weighted by Gasteiger charge is -2.23. The molecule has 0 aliphatic heterocycles. The Labute approximate surface area is 180 Å². The summed E-state index contributed by atoms with van der Waals surface area (Å²) in [5.74, 6) is 0.240. The van der Waals surface area contributed by atoms with Crippen LogP contribution in [0.4, 0.5) is 11.4 Å². The maximum Gasteiger partial charge on any atom is 0.255 e. The first-order valence-electron chi connectivity index (χ1n) is 9.56. The van der Waals surface area contributed by atoms with E-state index in [9.17, 15) is 9.59 Å². The number of carbonyl (C=O) groups excluding carboxylic acids is 2. The number of hydrogen-bond acceptors (Lipinski definition) is 5. The van der Waals surface area contributed by atoms with Crippen LogP contribution in [0, 0.1) is 0 Å². The molecule has 0 spiro atoms. The topological polar surface area (TPSA) is 70.7 Å². The molecule has 30 heavy (non-hydrogen) atoms. The van der Waals surface area contributed by atoms with Gasteiger partial charge in [-0.1, -0.05) is 18.2 Å². The summed E-state index contributed by atoms with van der Waals surface area (Å²) in [5.41, 5.74) is 1.73. The number of anilines is 2. The highest BCUT2D eigenvalue weighted by atomic mass is 32.1. The Balaban J connectivity index is 1.56. The third kappa shape index (κ3) is 5.46. The first kappa shape index (κ1) is 21.5. The summed E-state index contributed by atoms with van der Waals surface area (Å²) < 4.78 is 5.25. The molecule has 156 valence electrons. The fraction of sp³-hybridized carbons (Fsp3) is 0.217. The maximum atomic E-state index is 12.5. The molecule has 2 aromatic carbocycles. The Morgan fingerprint density at radius 2 is 1.77 bits per heavy atom. The summed E-state index contributed by atoms with van der Waals surface area (Å²) in [6.45, 7) is 2.35. The van der Waals surface area contributed by atoms with Crippen LogP contribution in [0.15, 0.2) is 66.0 Å². The number of likely N-dealkylation sites (N-methyl/N-ethyl adjacent to an activating group) is 1. The molecule has 0 radical (unpaired) electrons. The van der Waals surface area contributed by atoms with E-state index >= 15 is 0 Å². The molecule has 3 aromatic rings. The minimum atomic E-state index is -0.248. The molecule has 2 amide bonds. The SMILES string of the molecule is COc1ccccc1NC(=O)c1ccc(NC(=O)CN(C)C(C)c2cccs2)cc1. The molecule has 0 aliphatic rings. The van der Waals surface area contributed by atoms with E-state index in [2.05, 4.69) is 23.6 Å². The van der Waals surface area contributed by atoms with Crippen molar-refractivity contribution in [3.05, 3.63) is 76.5 Å². The molecule has 0 saturated heterocycles. The zero-order valence-corrected chi connectivity index (χ0v) is 18.0. The number of hydrogen-bond donors (Lipinski definition) is 2. The van der Waals surface area contributed by atoms with E-state index in [1.165, 1.54) is 4.88 Å². The van der Waals surface area contributed by atoms with Crippen molar-refractivity contribution < 1.29 is 14.3 Å². The summed E-state index contributed by atoms with van der Waals surface area (Å²) >= 11 is 1.68. The highest BCUT2D eigenvalue weighted by Gasteiger charge is 2.16. The maximum absolute atomic E-state index is 12.5. The Morgan fingerprint density at radius 3 is 2.43 bits per heavy atom. The number of nitrogens with zero attached hydrogens (tertiary/aromatic N) is 1. The zero-order chi connectivity index (χ0) is 21.5. The van der Waals surface area contributed by atoms with Gasteiger partial charge < -0.3 is 15.4 Å². The Bertz CT molecular complexity index is 987. The van der Waals surface area contributed by atoms with Crippen LogP contribution in [0.25, 0.3) is 0 Å². The van der Waals surface area contributed by atoms with Gasteiger partial charge in [-0.3, -0.25) is 14.5 Å². The van der Waals surface area contributed by atoms with E-state index in [0.717, 1.165) is 0 Å². The fourth-order valence-corrected chi connectivity index (χ4v) is 3.81. The van der Waals surface area contributed by atoms with Crippen molar-refractivity contribution in [1.29, 1.82) is 0 Å². The molecule has 2 N–H and O–H groups in total. The van der Waals surface area contributed by atoms with E-state index < -0.39 is 0 Å². The smallest absolute Gasteiger partial charge is 0.255 e. The Hall–Kier alpha value is -3.16. The van der Waals surface area contributed by atoms with E-state index in [-0.39, 0.29) is 24.4 Å². The third-order valence-electron chi connectivity index (χ3n) is 4.80. The summed E-state index contributed by atoms with van der Waals surface area (Å²) in [5, 5.41) is 7.74. The van der Waals surface area contributed by atoms with Gasteiger partial charge in [-0.05, 0) is 61.8 Å². The highest BCUT2D eigenvalue weighted by molar-refractivity contribution is 7.10. The molecule has 6 nitrogen and oxygen atoms in total. The lowest BCUT2D eigenvalue weighted by Crippen LogP contribution is -2.31. The van der Waals surface area contributed by atoms with Gasteiger partial charge in [0.15, 0.2) is 0 Å². The molecular formula is C23H25N3O3S. The van der Waals surface area contributed by atoms with Crippen LogP contribution in [-0.2, 0) is 4.79 Å². The largest absolute Gasteiger partial charge is 0.495 e. The number of carbonyl (C=O) groups is 2. The van der Waals surface area contributed by atoms with Gasteiger partial charge >= 0.3 is 0 Å². The molecule has 1 heterocycles. The van der Waals surface area contributed by atoms with E-state index in [1.54, 1.807) is 54.8 Å². The van der Waals surface area contributed by atoms with E-state index in [1.807, 2.05) is 35.5 Å². The zero-order valence-electron chi connectivity index (χ0n) is 17.2. The average molecular weight is 424 g/mol. The lowest BCUT2D eigenvalue weighted by atomic mass is 10.2. The second-order valence-corrected chi connectivity index (χ2v) is 7.87. The number of amides is 2. The first-order valence-corrected chi connectivity index (χ1v) is 10.4. The van der Waals surface area contributed by atoms with Gasteiger partial charge in [0.1, 0.15) is 5.75 Å². The van der Waals surface area contributed by atoms with Gasteiger partial charge in [-0.25, -0.2) is 0 Å². The van der Waals surface area contributed by atoms with Gasteiger partial charge in [-0.15, -0.1) is 11.3 Å².